The molecule has 10 rings (SSSR count). The molecule has 2 heterocycles. The van der Waals surface area contributed by atoms with Crippen molar-refractivity contribution in [2.45, 2.75) is 43.9 Å². The zero-order chi connectivity index (χ0) is 28.5. The van der Waals surface area contributed by atoms with E-state index in [1.807, 2.05) is 60.7 Å². The summed E-state index contributed by atoms with van der Waals surface area (Å²) in [5.74, 6) is 4.66. The van der Waals surface area contributed by atoms with Crippen LogP contribution < -0.4 is 0 Å². The van der Waals surface area contributed by atoms with Crippen LogP contribution in [0.4, 0.5) is 5.69 Å². The molecule has 0 saturated heterocycles. The maximum Gasteiger partial charge on any atom is 0.238 e. The molecule has 6 aromatic rings. The van der Waals surface area contributed by atoms with Gasteiger partial charge in [-0.2, -0.15) is 9.97 Å². The molecule has 0 unspecified atom stereocenters. The second-order valence-corrected chi connectivity index (χ2v) is 13.1. The molecule has 4 aliphatic rings. The third-order valence-corrected chi connectivity index (χ3v) is 10.4. The monoisotopic (exact) mass is 557 g/mol. The van der Waals surface area contributed by atoms with Gasteiger partial charge in [0, 0.05) is 16.5 Å². The molecule has 4 bridgehead atoms. The summed E-state index contributed by atoms with van der Waals surface area (Å²) in [5, 5.41) is 2.10. The minimum atomic E-state index is 0.361. The van der Waals surface area contributed by atoms with Gasteiger partial charge in [0.05, 0.1) is 17.6 Å². The smallest absolute Gasteiger partial charge is 0.238 e. The van der Waals surface area contributed by atoms with Crippen LogP contribution in [0.25, 0.3) is 55.4 Å². The van der Waals surface area contributed by atoms with Crippen molar-refractivity contribution in [3.05, 3.63) is 114 Å². The highest BCUT2D eigenvalue weighted by molar-refractivity contribution is 6.10. The zero-order valence-electron chi connectivity index (χ0n) is 23.9. The van der Waals surface area contributed by atoms with E-state index in [1.165, 1.54) is 44.1 Å². The molecule has 2 aromatic heterocycles. The van der Waals surface area contributed by atoms with Crippen LogP contribution in [-0.4, -0.2) is 19.5 Å². The van der Waals surface area contributed by atoms with Gasteiger partial charge in [0.2, 0.25) is 5.95 Å². The molecule has 43 heavy (non-hydrogen) atoms. The van der Waals surface area contributed by atoms with E-state index in [0.717, 1.165) is 50.7 Å². The van der Waals surface area contributed by atoms with Gasteiger partial charge in [-0.05, 0) is 90.8 Å². The molecule has 4 aliphatic carbocycles. The van der Waals surface area contributed by atoms with Gasteiger partial charge < -0.3 is 0 Å². The Bertz CT molecular complexity index is 2030. The second-order valence-electron chi connectivity index (χ2n) is 13.1. The van der Waals surface area contributed by atoms with E-state index in [1.54, 1.807) is 0 Å². The number of benzene rings is 4. The molecule has 4 saturated carbocycles. The van der Waals surface area contributed by atoms with Gasteiger partial charge in [-0.15, -0.1) is 0 Å². The fraction of sp³-hybridized carbons (Fsp3) is 0.263. The Kier molecular flexibility index (Phi) is 5.38. The number of para-hydroxylation sites is 1. The van der Waals surface area contributed by atoms with Crippen molar-refractivity contribution in [2.75, 3.05) is 0 Å². The molecule has 4 aromatic carbocycles. The number of hydrogen-bond acceptors (Lipinski definition) is 3. The lowest BCUT2D eigenvalue weighted by atomic mass is 9.48. The highest BCUT2D eigenvalue weighted by Crippen LogP contribution is 2.60. The lowest BCUT2D eigenvalue weighted by Gasteiger charge is -2.57. The van der Waals surface area contributed by atoms with E-state index in [2.05, 4.69) is 45.8 Å². The Hall–Kier alpha value is -4.82. The van der Waals surface area contributed by atoms with Gasteiger partial charge in [-0.25, -0.2) is 9.83 Å². The first-order chi connectivity index (χ1) is 21.2. The lowest BCUT2D eigenvalue weighted by Crippen LogP contribution is -2.48. The molecule has 0 N–H and O–H groups in total. The summed E-state index contributed by atoms with van der Waals surface area (Å²) in [6, 6.07) is 33.4. The summed E-state index contributed by atoms with van der Waals surface area (Å²) in [4.78, 5) is 18.9. The number of fused-ring (bicyclic) bond motifs is 3. The maximum absolute atomic E-state index is 7.56. The maximum atomic E-state index is 7.56. The fourth-order valence-corrected chi connectivity index (χ4v) is 8.99. The van der Waals surface area contributed by atoms with Gasteiger partial charge in [-0.1, -0.05) is 78.9 Å². The first kappa shape index (κ1) is 24.7. The van der Waals surface area contributed by atoms with E-state index < -0.39 is 0 Å². The molecule has 5 heteroatoms. The Labute approximate surface area is 251 Å². The van der Waals surface area contributed by atoms with Crippen LogP contribution in [0.15, 0.2) is 97.1 Å². The van der Waals surface area contributed by atoms with Crippen LogP contribution in [-0.2, 0) is 5.41 Å². The van der Waals surface area contributed by atoms with Crippen molar-refractivity contribution in [2.24, 2.45) is 17.8 Å². The van der Waals surface area contributed by atoms with Crippen molar-refractivity contribution in [3.8, 4) is 28.7 Å². The summed E-state index contributed by atoms with van der Waals surface area (Å²) in [5.41, 5.74) is 6.43. The van der Waals surface area contributed by atoms with Gasteiger partial charge >= 0.3 is 0 Å². The van der Waals surface area contributed by atoms with E-state index in [0.29, 0.717) is 28.7 Å². The second kappa shape index (κ2) is 9.34. The third-order valence-electron chi connectivity index (χ3n) is 10.4. The predicted molar refractivity (Wildman–Crippen MR) is 171 cm³/mol. The molecule has 4 fully saturated rings. The quantitative estimate of drug-likeness (QED) is 0.203. The Balaban J connectivity index is 1.20. The van der Waals surface area contributed by atoms with Crippen LogP contribution in [0.1, 0.15) is 44.1 Å². The minimum absolute atomic E-state index is 0.361. The van der Waals surface area contributed by atoms with E-state index in [9.17, 15) is 0 Å². The topological polar surface area (TPSA) is 48.0 Å². The highest BCUT2D eigenvalue weighted by Gasteiger charge is 2.51. The van der Waals surface area contributed by atoms with Gasteiger partial charge in [0.25, 0.3) is 0 Å². The molecule has 0 atom stereocenters. The standard InChI is InChI=1S/C38H31N5/c1-39-30-15-16-34-32(20-30)31-9-5-6-10-33(31)43(34)37-41-35(27-7-3-2-4-8-27)40-36(42-37)28-11-13-29(14-12-28)38-21-24-17-25(22-38)19-26(18-24)23-38/h2-16,20,24-26H,17-19,21-23H2. The predicted octanol–water partition coefficient (Wildman–Crippen LogP) is 9.32. The van der Waals surface area contributed by atoms with Crippen molar-refractivity contribution in [1.82, 2.24) is 19.5 Å². The minimum Gasteiger partial charge on any atom is -0.278 e. The van der Waals surface area contributed by atoms with E-state index >= 15 is 0 Å². The molecule has 5 nitrogen and oxygen atoms in total. The normalized spacial score (nSPS) is 24.0. The van der Waals surface area contributed by atoms with Crippen LogP contribution in [0.2, 0.25) is 0 Å². The summed E-state index contributed by atoms with van der Waals surface area (Å²) in [7, 11) is 0. The Morgan fingerprint density at radius 3 is 1.91 bits per heavy atom. The fourth-order valence-electron chi connectivity index (χ4n) is 8.99. The summed E-state index contributed by atoms with van der Waals surface area (Å²) in [6.07, 6.45) is 8.43. The van der Waals surface area contributed by atoms with Crippen molar-refractivity contribution >= 4 is 27.5 Å². The number of nitrogens with zero attached hydrogens (tertiary/aromatic N) is 5. The molecule has 0 amide bonds. The molecule has 0 spiro atoms. The average Bonchev–Trinajstić information content (AvgIpc) is 3.38. The van der Waals surface area contributed by atoms with Crippen LogP contribution >= 0.6 is 0 Å². The van der Waals surface area contributed by atoms with Crippen LogP contribution in [0.3, 0.4) is 0 Å². The SMILES string of the molecule is [C-]#[N+]c1ccc2c(c1)c1ccccc1n2-c1nc(-c2ccccc2)nc(-c2ccc(C34CC5CC(CC(C5)C3)C4)cc2)n1. The number of aromatic nitrogens is 4. The van der Waals surface area contributed by atoms with Gasteiger partial charge in [-0.3, -0.25) is 4.57 Å². The first-order valence-corrected chi connectivity index (χ1v) is 15.5. The van der Waals surface area contributed by atoms with E-state index in [-0.39, 0.29) is 0 Å². The summed E-state index contributed by atoms with van der Waals surface area (Å²) in [6.45, 7) is 7.56. The van der Waals surface area contributed by atoms with Crippen molar-refractivity contribution < 1.29 is 0 Å². The third kappa shape index (κ3) is 3.93. The van der Waals surface area contributed by atoms with Crippen molar-refractivity contribution in [3.63, 3.8) is 0 Å². The van der Waals surface area contributed by atoms with Gasteiger partial charge in [0.15, 0.2) is 17.3 Å². The number of hydrogen-bond donors (Lipinski definition) is 0. The highest BCUT2D eigenvalue weighted by atomic mass is 15.2. The van der Waals surface area contributed by atoms with Crippen LogP contribution in [0, 0.1) is 24.3 Å². The van der Waals surface area contributed by atoms with E-state index in [4.69, 9.17) is 21.5 Å². The molecule has 208 valence electrons. The van der Waals surface area contributed by atoms with Crippen LogP contribution in [0.5, 0.6) is 0 Å². The largest absolute Gasteiger partial charge is 0.278 e. The zero-order valence-corrected chi connectivity index (χ0v) is 23.9. The van der Waals surface area contributed by atoms with Gasteiger partial charge in [0.1, 0.15) is 0 Å². The lowest BCUT2D eigenvalue weighted by molar-refractivity contribution is -0.00518. The Morgan fingerprint density at radius 2 is 1.23 bits per heavy atom. The molecular formula is C38H31N5. The first-order valence-electron chi connectivity index (χ1n) is 15.5. The average molecular weight is 558 g/mol. The Morgan fingerprint density at radius 1 is 0.628 bits per heavy atom. The van der Waals surface area contributed by atoms with Crippen molar-refractivity contribution in [1.29, 1.82) is 0 Å². The summed E-state index contributed by atoms with van der Waals surface area (Å²) < 4.78 is 2.11. The molecular weight excluding hydrogens is 526 g/mol. The number of rotatable bonds is 4. The summed E-state index contributed by atoms with van der Waals surface area (Å²) >= 11 is 0. The molecule has 0 aliphatic heterocycles. The molecule has 0 radical (unpaired) electrons.